The Bertz CT molecular complexity index is 315. The third kappa shape index (κ3) is 4.73. The van der Waals surface area contributed by atoms with Gasteiger partial charge in [-0.1, -0.05) is 41.4 Å². The lowest BCUT2D eigenvalue weighted by Crippen LogP contribution is -2.13. The molecule has 0 bridgehead atoms. The van der Waals surface area contributed by atoms with Crippen LogP contribution in [0.1, 0.15) is 31.9 Å². The van der Waals surface area contributed by atoms with E-state index in [1.54, 1.807) is 0 Å². The molecule has 1 rings (SSSR count). The molecule has 1 aromatic carbocycles. The topological polar surface area (TPSA) is 26.0 Å². The quantitative estimate of drug-likeness (QED) is 0.869. The SMILES string of the molecule is CC(C)C[C@H](N)c1cc(Cl)ccc1Br.Cl. The summed E-state index contributed by atoms with van der Waals surface area (Å²) in [7, 11) is 0. The Morgan fingerprint density at radius 3 is 2.53 bits per heavy atom. The van der Waals surface area contributed by atoms with E-state index in [9.17, 15) is 0 Å². The number of rotatable bonds is 3. The van der Waals surface area contributed by atoms with E-state index in [1.807, 2.05) is 18.2 Å². The summed E-state index contributed by atoms with van der Waals surface area (Å²) >= 11 is 9.40. The molecule has 0 saturated carbocycles. The largest absolute Gasteiger partial charge is 0.324 e. The Balaban J connectivity index is 0.00000196. The first-order valence-electron chi connectivity index (χ1n) is 4.71. The summed E-state index contributed by atoms with van der Waals surface area (Å²) in [4.78, 5) is 0. The molecule has 0 fully saturated rings. The highest BCUT2D eigenvalue weighted by Crippen LogP contribution is 2.28. The Kier molecular flexibility index (Phi) is 6.85. The van der Waals surface area contributed by atoms with E-state index in [2.05, 4.69) is 29.8 Å². The van der Waals surface area contributed by atoms with Crippen LogP contribution < -0.4 is 5.73 Å². The lowest BCUT2D eigenvalue weighted by molar-refractivity contribution is 0.509. The molecule has 86 valence electrons. The second-order valence-electron chi connectivity index (χ2n) is 3.90. The molecule has 1 aromatic rings. The predicted molar refractivity (Wildman–Crippen MR) is 72.8 cm³/mol. The van der Waals surface area contributed by atoms with Gasteiger partial charge in [-0.3, -0.25) is 0 Å². The van der Waals surface area contributed by atoms with Crippen LogP contribution in [-0.4, -0.2) is 0 Å². The Morgan fingerprint density at radius 2 is 2.00 bits per heavy atom. The Hall–Kier alpha value is 0.240. The fraction of sp³-hybridized carbons (Fsp3) is 0.455. The molecule has 0 radical (unpaired) electrons. The number of hydrogen-bond acceptors (Lipinski definition) is 1. The lowest BCUT2D eigenvalue weighted by atomic mass is 9.98. The van der Waals surface area contributed by atoms with E-state index in [0.29, 0.717) is 5.92 Å². The molecule has 0 amide bonds. The summed E-state index contributed by atoms with van der Waals surface area (Å²) in [5, 5.41) is 0.738. The van der Waals surface area contributed by atoms with E-state index in [0.717, 1.165) is 21.5 Å². The van der Waals surface area contributed by atoms with Gasteiger partial charge in [-0.05, 0) is 36.1 Å². The minimum Gasteiger partial charge on any atom is -0.324 e. The fourth-order valence-corrected chi connectivity index (χ4v) is 2.15. The third-order valence-electron chi connectivity index (χ3n) is 2.08. The van der Waals surface area contributed by atoms with Crippen molar-refractivity contribution in [2.75, 3.05) is 0 Å². The number of halogens is 3. The molecule has 15 heavy (non-hydrogen) atoms. The van der Waals surface area contributed by atoms with Gasteiger partial charge < -0.3 is 5.73 Å². The first-order chi connectivity index (χ1) is 6.50. The van der Waals surface area contributed by atoms with Crippen LogP contribution in [0.25, 0.3) is 0 Å². The Morgan fingerprint density at radius 1 is 1.40 bits per heavy atom. The number of nitrogens with two attached hydrogens (primary N) is 1. The van der Waals surface area contributed by atoms with Crippen LogP contribution in [-0.2, 0) is 0 Å². The standard InChI is InChI=1S/C11H15BrClN.ClH/c1-7(2)5-11(14)9-6-8(13)3-4-10(9)12;/h3-4,6-7,11H,5,14H2,1-2H3;1H/t11-;/m0./s1. The van der Waals surface area contributed by atoms with Crippen LogP contribution >= 0.6 is 39.9 Å². The molecular formula is C11H16BrCl2N. The van der Waals surface area contributed by atoms with Crippen molar-refractivity contribution < 1.29 is 0 Å². The highest BCUT2D eigenvalue weighted by molar-refractivity contribution is 9.10. The maximum absolute atomic E-state index is 6.08. The van der Waals surface area contributed by atoms with Gasteiger partial charge in [0.15, 0.2) is 0 Å². The second-order valence-corrected chi connectivity index (χ2v) is 5.19. The van der Waals surface area contributed by atoms with E-state index in [-0.39, 0.29) is 18.4 Å². The monoisotopic (exact) mass is 311 g/mol. The van der Waals surface area contributed by atoms with Gasteiger partial charge in [0.05, 0.1) is 0 Å². The normalized spacial score (nSPS) is 12.4. The first kappa shape index (κ1) is 15.2. The van der Waals surface area contributed by atoms with Gasteiger partial charge in [-0.25, -0.2) is 0 Å². The molecule has 0 saturated heterocycles. The molecule has 2 N–H and O–H groups in total. The van der Waals surface area contributed by atoms with E-state index >= 15 is 0 Å². The fourth-order valence-electron chi connectivity index (χ4n) is 1.43. The molecule has 0 heterocycles. The van der Waals surface area contributed by atoms with Crippen molar-refractivity contribution in [2.45, 2.75) is 26.3 Å². The summed E-state index contributed by atoms with van der Waals surface area (Å²) in [5.41, 5.74) is 7.17. The predicted octanol–water partition coefficient (Wildman–Crippen LogP) is 4.57. The van der Waals surface area contributed by atoms with E-state index < -0.39 is 0 Å². The summed E-state index contributed by atoms with van der Waals surface area (Å²) in [6.07, 6.45) is 0.971. The van der Waals surface area contributed by atoms with Crippen LogP contribution in [0, 0.1) is 5.92 Å². The van der Waals surface area contributed by atoms with Crippen molar-refractivity contribution in [3.05, 3.63) is 33.3 Å². The Labute approximate surface area is 111 Å². The smallest absolute Gasteiger partial charge is 0.0410 e. The molecule has 4 heteroatoms. The highest BCUT2D eigenvalue weighted by Gasteiger charge is 2.11. The zero-order valence-electron chi connectivity index (χ0n) is 8.84. The minimum absolute atomic E-state index is 0. The molecule has 0 spiro atoms. The number of hydrogen-bond donors (Lipinski definition) is 1. The average molecular weight is 313 g/mol. The molecule has 0 aromatic heterocycles. The zero-order chi connectivity index (χ0) is 10.7. The molecule has 1 nitrogen and oxygen atoms in total. The van der Waals surface area contributed by atoms with Gasteiger partial charge in [0.2, 0.25) is 0 Å². The van der Waals surface area contributed by atoms with Gasteiger partial charge >= 0.3 is 0 Å². The van der Waals surface area contributed by atoms with Crippen LogP contribution in [0.3, 0.4) is 0 Å². The van der Waals surface area contributed by atoms with Gasteiger partial charge in [0.25, 0.3) is 0 Å². The van der Waals surface area contributed by atoms with Crippen molar-refractivity contribution in [1.82, 2.24) is 0 Å². The summed E-state index contributed by atoms with van der Waals surface area (Å²) in [5.74, 6) is 0.593. The molecule has 0 aliphatic carbocycles. The zero-order valence-corrected chi connectivity index (χ0v) is 12.0. The highest BCUT2D eigenvalue weighted by atomic mass is 79.9. The van der Waals surface area contributed by atoms with Crippen LogP contribution in [0.2, 0.25) is 5.02 Å². The van der Waals surface area contributed by atoms with Gasteiger partial charge in [-0.2, -0.15) is 0 Å². The summed E-state index contributed by atoms with van der Waals surface area (Å²) in [6, 6.07) is 5.79. The second kappa shape index (κ2) is 6.74. The number of benzene rings is 1. The van der Waals surface area contributed by atoms with Crippen LogP contribution in [0.5, 0.6) is 0 Å². The molecular weight excluding hydrogens is 297 g/mol. The summed E-state index contributed by atoms with van der Waals surface area (Å²) < 4.78 is 1.04. The van der Waals surface area contributed by atoms with Crippen molar-refractivity contribution in [3.63, 3.8) is 0 Å². The average Bonchev–Trinajstić information content (AvgIpc) is 2.08. The van der Waals surface area contributed by atoms with Crippen LogP contribution in [0.4, 0.5) is 0 Å². The van der Waals surface area contributed by atoms with E-state index in [4.69, 9.17) is 17.3 Å². The maximum atomic E-state index is 6.08. The van der Waals surface area contributed by atoms with Crippen LogP contribution in [0.15, 0.2) is 22.7 Å². The molecule has 0 unspecified atom stereocenters. The van der Waals surface area contributed by atoms with E-state index in [1.165, 1.54) is 0 Å². The minimum atomic E-state index is 0. The molecule has 1 atom stereocenters. The van der Waals surface area contributed by atoms with Crippen molar-refractivity contribution in [1.29, 1.82) is 0 Å². The van der Waals surface area contributed by atoms with Gasteiger partial charge in [0.1, 0.15) is 0 Å². The summed E-state index contributed by atoms with van der Waals surface area (Å²) in [6.45, 7) is 4.33. The molecule has 0 aliphatic rings. The van der Waals surface area contributed by atoms with Crippen molar-refractivity contribution in [3.8, 4) is 0 Å². The first-order valence-corrected chi connectivity index (χ1v) is 5.88. The van der Waals surface area contributed by atoms with Gasteiger partial charge in [0, 0.05) is 15.5 Å². The maximum Gasteiger partial charge on any atom is 0.0410 e. The van der Waals surface area contributed by atoms with Gasteiger partial charge in [-0.15, -0.1) is 12.4 Å². The third-order valence-corrected chi connectivity index (χ3v) is 3.04. The van der Waals surface area contributed by atoms with Crippen molar-refractivity contribution >= 4 is 39.9 Å². The molecule has 0 aliphatic heterocycles. The lowest BCUT2D eigenvalue weighted by Gasteiger charge is -2.16. The van der Waals surface area contributed by atoms with Crippen molar-refractivity contribution in [2.24, 2.45) is 11.7 Å².